The van der Waals surface area contributed by atoms with Gasteiger partial charge >= 0.3 is 0 Å². The Morgan fingerprint density at radius 3 is 2.69 bits per heavy atom. The average Bonchev–Trinajstić information content (AvgIpc) is 2.10. The first-order valence-electron chi connectivity index (χ1n) is 4.00. The summed E-state index contributed by atoms with van der Waals surface area (Å²) in [6, 6.07) is 3.38. The molecule has 0 aliphatic rings. The number of nitrogen functional groups attached to an aromatic ring is 1. The van der Waals surface area contributed by atoms with Crippen LogP contribution in [0.5, 0.6) is 0 Å². The van der Waals surface area contributed by atoms with Crippen molar-refractivity contribution in [3.05, 3.63) is 40.9 Å². The van der Waals surface area contributed by atoms with E-state index in [-0.39, 0.29) is 6.04 Å². The Morgan fingerprint density at radius 1 is 1.54 bits per heavy atom. The lowest BCUT2D eigenvalue weighted by Gasteiger charge is -2.11. The van der Waals surface area contributed by atoms with Crippen LogP contribution in [0, 0.1) is 6.92 Å². The van der Waals surface area contributed by atoms with Crippen molar-refractivity contribution < 1.29 is 0 Å². The predicted octanol–water partition coefficient (Wildman–Crippen LogP) is 2.42. The quantitative estimate of drug-likeness (QED) is 0.564. The molecule has 1 aromatic rings. The molecular formula is C10H13ClN2. The molecular weight excluding hydrogens is 184 g/mol. The predicted molar refractivity (Wildman–Crippen MR) is 57.7 cm³/mol. The molecule has 0 saturated carbocycles. The summed E-state index contributed by atoms with van der Waals surface area (Å²) in [5, 5.41) is 0.593. The van der Waals surface area contributed by atoms with E-state index in [1.54, 1.807) is 12.1 Å². The maximum Gasteiger partial charge on any atom is 0.0493 e. The van der Waals surface area contributed by atoms with Crippen LogP contribution in [-0.4, -0.2) is 0 Å². The lowest BCUT2D eigenvalue weighted by Crippen LogP contribution is -2.08. The van der Waals surface area contributed by atoms with E-state index in [0.29, 0.717) is 10.7 Å². The minimum Gasteiger partial charge on any atom is -0.398 e. The molecule has 3 heteroatoms. The third-order valence-electron chi connectivity index (χ3n) is 2.00. The first-order chi connectivity index (χ1) is 6.06. The summed E-state index contributed by atoms with van der Waals surface area (Å²) >= 11 is 5.97. The normalized spacial score (nSPS) is 12.5. The zero-order valence-electron chi connectivity index (χ0n) is 7.55. The van der Waals surface area contributed by atoms with Crippen molar-refractivity contribution in [1.82, 2.24) is 0 Å². The van der Waals surface area contributed by atoms with Crippen LogP contribution < -0.4 is 11.5 Å². The van der Waals surface area contributed by atoms with Crippen molar-refractivity contribution >= 4 is 17.3 Å². The minimum absolute atomic E-state index is 0.230. The van der Waals surface area contributed by atoms with Crippen molar-refractivity contribution in [3.63, 3.8) is 0 Å². The summed E-state index contributed by atoms with van der Waals surface area (Å²) in [4.78, 5) is 0. The van der Waals surface area contributed by atoms with Crippen molar-refractivity contribution in [2.75, 3.05) is 5.73 Å². The van der Waals surface area contributed by atoms with Crippen LogP contribution in [0.1, 0.15) is 17.2 Å². The fourth-order valence-electron chi connectivity index (χ4n) is 1.10. The maximum absolute atomic E-state index is 5.97. The molecule has 0 unspecified atom stereocenters. The molecule has 0 aromatic heterocycles. The molecule has 0 aliphatic carbocycles. The van der Waals surface area contributed by atoms with Crippen LogP contribution in [0.25, 0.3) is 0 Å². The summed E-state index contributed by atoms with van der Waals surface area (Å²) in [5.74, 6) is 0. The number of hydrogen-bond acceptors (Lipinski definition) is 2. The largest absolute Gasteiger partial charge is 0.398 e. The van der Waals surface area contributed by atoms with E-state index < -0.39 is 0 Å². The molecule has 0 bridgehead atoms. The third kappa shape index (κ3) is 2.02. The van der Waals surface area contributed by atoms with E-state index in [9.17, 15) is 0 Å². The van der Waals surface area contributed by atoms with E-state index in [0.717, 1.165) is 11.1 Å². The molecule has 0 amide bonds. The van der Waals surface area contributed by atoms with Gasteiger partial charge in [0.25, 0.3) is 0 Å². The number of rotatable bonds is 2. The molecule has 13 heavy (non-hydrogen) atoms. The van der Waals surface area contributed by atoms with E-state index in [1.807, 2.05) is 13.0 Å². The Morgan fingerprint density at radius 2 is 2.15 bits per heavy atom. The van der Waals surface area contributed by atoms with Crippen molar-refractivity contribution in [2.24, 2.45) is 5.73 Å². The standard InChI is InChI=1S/C10H13ClN2/c1-3-9(12)7-4-6(2)10(13)5-8(7)11/h3-5,9H,1,12-13H2,2H3/t9-/m1/s1. The van der Waals surface area contributed by atoms with Crippen LogP contribution in [0.2, 0.25) is 5.02 Å². The Labute approximate surface area is 83.2 Å². The maximum atomic E-state index is 5.97. The molecule has 70 valence electrons. The van der Waals surface area contributed by atoms with Crippen molar-refractivity contribution in [2.45, 2.75) is 13.0 Å². The zero-order valence-corrected chi connectivity index (χ0v) is 8.31. The van der Waals surface area contributed by atoms with Crippen LogP contribution >= 0.6 is 11.6 Å². The number of anilines is 1. The second-order valence-corrected chi connectivity index (χ2v) is 3.40. The van der Waals surface area contributed by atoms with E-state index >= 15 is 0 Å². The van der Waals surface area contributed by atoms with Gasteiger partial charge in [0.1, 0.15) is 0 Å². The molecule has 0 spiro atoms. The fourth-order valence-corrected chi connectivity index (χ4v) is 1.40. The number of benzene rings is 1. The third-order valence-corrected chi connectivity index (χ3v) is 2.33. The van der Waals surface area contributed by atoms with Gasteiger partial charge in [-0.1, -0.05) is 23.7 Å². The Bertz CT molecular complexity index is 334. The highest BCUT2D eigenvalue weighted by Crippen LogP contribution is 2.27. The number of aryl methyl sites for hydroxylation is 1. The molecule has 2 nitrogen and oxygen atoms in total. The van der Waals surface area contributed by atoms with Gasteiger partial charge in [0.15, 0.2) is 0 Å². The van der Waals surface area contributed by atoms with Crippen molar-refractivity contribution in [3.8, 4) is 0 Å². The molecule has 1 rings (SSSR count). The SMILES string of the molecule is C=C[C@@H](N)c1cc(C)c(N)cc1Cl. The summed E-state index contributed by atoms with van der Waals surface area (Å²) < 4.78 is 0. The van der Waals surface area contributed by atoms with Crippen molar-refractivity contribution in [1.29, 1.82) is 0 Å². The van der Waals surface area contributed by atoms with Gasteiger partial charge in [0.2, 0.25) is 0 Å². The Kier molecular flexibility index (Phi) is 2.96. The summed E-state index contributed by atoms with van der Waals surface area (Å²) in [7, 11) is 0. The lowest BCUT2D eigenvalue weighted by molar-refractivity contribution is 0.913. The van der Waals surface area contributed by atoms with Crippen LogP contribution in [0.3, 0.4) is 0 Å². The van der Waals surface area contributed by atoms with Gasteiger partial charge in [-0.2, -0.15) is 0 Å². The van der Waals surface area contributed by atoms with Crippen LogP contribution in [0.15, 0.2) is 24.8 Å². The molecule has 1 atom stereocenters. The topological polar surface area (TPSA) is 52.0 Å². The number of halogens is 1. The average molecular weight is 197 g/mol. The molecule has 0 radical (unpaired) electrons. The minimum atomic E-state index is -0.230. The Balaban J connectivity index is 3.22. The van der Waals surface area contributed by atoms with Crippen LogP contribution in [-0.2, 0) is 0 Å². The van der Waals surface area contributed by atoms with Gasteiger partial charge in [0.05, 0.1) is 0 Å². The molecule has 4 N–H and O–H groups in total. The van der Waals surface area contributed by atoms with Gasteiger partial charge < -0.3 is 11.5 Å². The van der Waals surface area contributed by atoms with E-state index in [2.05, 4.69) is 6.58 Å². The molecule has 0 saturated heterocycles. The second kappa shape index (κ2) is 3.81. The lowest BCUT2D eigenvalue weighted by atomic mass is 10.0. The second-order valence-electron chi connectivity index (χ2n) is 2.99. The highest BCUT2D eigenvalue weighted by atomic mass is 35.5. The molecule has 1 aromatic carbocycles. The zero-order chi connectivity index (χ0) is 10.0. The first-order valence-corrected chi connectivity index (χ1v) is 4.37. The summed E-state index contributed by atoms with van der Waals surface area (Å²) in [5.41, 5.74) is 14.0. The highest BCUT2D eigenvalue weighted by molar-refractivity contribution is 6.31. The number of hydrogen-bond donors (Lipinski definition) is 2. The van der Waals surface area contributed by atoms with Gasteiger partial charge in [-0.15, -0.1) is 6.58 Å². The smallest absolute Gasteiger partial charge is 0.0493 e. The van der Waals surface area contributed by atoms with Gasteiger partial charge in [0, 0.05) is 16.8 Å². The van der Waals surface area contributed by atoms with E-state index in [1.165, 1.54) is 0 Å². The summed E-state index contributed by atoms with van der Waals surface area (Å²) in [6.45, 7) is 5.54. The monoisotopic (exact) mass is 196 g/mol. The molecule has 0 heterocycles. The van der Waals surface area contributed by atoms with E-state index in [4.69, 9.17) is 23.1 Å². The Hall–Kier alpha value is -0.990. The fraction of sp³-hybridized carbons (Fsp3) is 0.200. The number of nitrogens with two attached hydrogens (primary N) is 2. The summed E-state index contributed by atoms with van der Waals surface area (Å²) in [6.07, 6.45) is 1.65. The first kappa shape index (κ1) is 10.1. The highest BCUT2D eigenvalue weighted by Gasteiger charge is 2.08. The van der Waals surface area contributed by atoms with Crippen LogP contribution in [0.4, 0.5) is 5.69 Å². The van der Waals surface area contributed by atoms with Gasteiger partial charge in [-0.25, -0.2) is 0 Å². The van der Waals surface area contributed by atoms with Gasteiger partial charge in [-0.05, 0) is 24.1 Å². The van der Waals surface area contributed by atoms with Gasteiger partial charge in [-0.3, -0.25) is 0 Å². The molecule has 0 fully saturated rings. The molecule has 0 aliphatic heterocycles.